The highest BCUT2D eigenvalue weighted by molar-refractivity contribution is 7.92. The number of anilines is 1. The van der Waals surface area contributed by atoms with E-state index in [-0.39, 0.29) is 10.5 Å². The largest absolute Gasteiger partial charge is 0.455 e. The van der Waals surface area contributed by atoms with Crippen molar-refractivity contribution in [2.45, 2.75) is 4.90 Å². The molecular weight excluding hydrogens is 533 g/mol. The first kappa shape index (κ1) is 24.8. The first-order valence-corrected chi connectivity index (χ1v) is 12.6. The molecule has 0 spiro atoms. The van der Waals surface area contributed by atoms with E-state index in [1.807, 2.05) is 0 Å². The molecule has 0 unspecified atom stereocenters. The van der Waals surface area contributed by atoms with Crippen LogP contribution in [0.25, 0.3) is 11.3 Å². The lowest BCUT2D eigenvalue weighted by atomic mass is 10.2. The van der Waals surface area contributed by atoms with Gasteiger partial charge < -0.3 is 4.42 Å². The van der Waals surface area contributed by atoms with Crippen molar-refractivity contribution in [3.63, 3.8) is 0 Å². The number of hydrazone groups is 1. The highest BCUT2D eigenvalue weighted by Crippen LogP contribution is 2.29. The molecule has 0 aliphatic heterocycles. The Morgan fingerprint density at radius 1 is 0.886 bits per heavy atom. The van der Waals surface area contributed by atoms with E-state index in [1.165, 1.54) is 36.5 Å². The van der Waals surface area contributed by atoms with E-state index in [0.717, 1.165) is 5.56 Å². The highest BCUT2D eigenvalue weighted by atomic mass is 35.5. The first-order valence-electron chi connectivity index (χ1n) is 9.98. The summed E-state index contributed by atoms with van der Waals surface area (Å²) in [7, 11) is -3.94. The predicted molar refractivity (Wildman–Crippen MR) is 138 cm³/mol. The number of nitrogens with one attached hydrogen (secondary N) is 2. The molecule has 4 rings (SSSR count). The average molecular weight is 549 g/mol. The molecule has 2 N–H and O–H groups in total. The molecule has 0 aliphatic carbocycles. The molecule has 0 bridgehead atoms. The molecular formula is C24H16Cl3N3O4S. The minimum absolute atomic E-state index is 0.0913. The monoisotopic (exact) mass is 547 g/mol. The van der Waals surface area contributed by atoms with Crippen molar-refractivity contribution in [2.24, 2.45) is 5.10 Å². The minimum atomic E-state index is -3.94. The number of hydrogen-bond acceptors (Lipinski definition) is 5. The van der Waals surface area contributed by atoms with Gasteiger partial charge in [0.1, 0.15) is 11.5 Å². The standard InChI is InChI=1S/C24H16Cl3N3O4S/c25-17-4-2-5-18(13-17)30-35(32,33)20-6-1-3-16(11-20)24(31)29-28-14-19-8-10-23(34-19)15-7-9-21(26)22(27)12-15/h1-14,30H,(H,29,31). The molecule has 35 heavy (non-hydrogen) atoms. The third kappa shape index (κ3) is 6.23. The van der Waals surface area contributed by atoms with Gasteiger partial charge in [-0.2, -0.15) is 5.10 Å². The normalized spacial score (nSPS) is 11.5. The van der Waals surface area contributed by atoms with Crippen molar-refractivity contribution < 1.29 is 17.6 Å². The van der Waals surface area contributed by atoms with Gasteiger partial charge in [0.05, 0.1) is 26.8 Å². The zero-order valence-corrected chi connectivity index (χ0v) is 20.8. The van der Waals surface area contributed by atoms with Crippen LogP contribution in [0.1, 0.15) is 16.1 Å². The van der Waals surface area contributed by atoms with Gasteiger partial charge in [0.15, 0.2) is 0 Å². The van der Waals surface area contributed by atoms with Gasteiger partial charge in [0.2, 0.25) is 0 Å². The minimum Gasteiger partial charge on any atom is -0.455 e. The molecule has 0 saturated heterocycles. The summed E-state index contributed by atoms with van der Waals surface area (Å²) in [5, 5.41) is 5.10. The number of carbonyl (C=O) groups excluding carboxylic acids is 1. The first-order chi connectivity index (χ1) is 16.7. The molecule has 4 aromatic rings. The number of halogens is 3. The number of rotatable bonds is 7. The van der Waals surface area contributed by atoms with Crippen LogP contribution in [0.2, 0.25) is 15.1 Å². The maximum atomic E-state index is 12.7. The van der Waals surface area contributed by atoms with E-state index in [1.54, 1.807) is 48.5 Å². The SMILES string of the molecule is O=C(NN=Cc1ccc(-c2ccc(Cl)c(Cl)c2)o1)c1cccc(S(=O)(=O)Nc2cccc(Cl)c2)c1. The van der Waals surface area contributed by atoms with E-state index in [0.29, 0.717) is 32.3 Å². The Balaban J connectivity index is 1.43. The average Bonchev–Trinajstić information content (AvgIpc) is 3.29. The van der Waals surface area contributed by atoms with Crippen LogP contribution in [0.3, 0.4) is 0 Å². The van der Waals surface area contributed by atoms with Gasteiger partial charge in [-0.25, -0.2) is 13.8 Å². The van der Waals surface area contributed by atoms with Crippen molar-refractivity contribution in [1.29, 1.82) is 0 Å². The molecule has 1 heterocycles. The Morgan fingerprint density at radius 3 is 2.46 bits per heavy atom. The summed E-state index contributed by atoms with van der Waals surface area (Å²) in [6.07, 6.45) is 1.32. The maximum Gasteiger partial charge on any atom is 0.271 e. The fourth-order valence-electron chi connectivity index (χ4n) is 3.02. The van der Waals surface area contributed by atoms with Crippen LogP contribution in [-0.2, 0) is 10.0 Å². The second kappa shape index (κ2) is 10.5. The molecule has 0 saturated carbocycles. The highest BCUT2D eigenvalue weighted by Gasteiger charge is 2.17. The molecule has 0 fully saturated rings. The van der Waals surface area contributed by atoms with Gasteiger partial charge in [-0.1, -0.05) is 46.9 Å². The topological polar surface area (TPSA) is 101 Å². The zero-order valence-electron chi connectivity index (χ0n) is 17.7. The molecule has 0 aliphatic rings. The summed E-state index contributed by atoms with van der Waals surface area (Å²) < 4.78 is 33.5. The van der Waals surface area contributed by atoms with Crippen LogP contribution >= 0.6 is 34.8 Å². The number of hydrogen-bond donors (Lipinski definition) is 2. The Labute approximate surface area is 216 Å². The van der Waals surface area contributed by atoms with E-state index in [4.69, 9.17) is 39.2 Å². The van der Waals surface area contributed by atoms with Crippen LogP contribution in [0.4, 0.5) is 5.69 Å². The van der Waals surface area contributed by atoms with Crippen molar-refractivity contribution in [3.8, 4) is 11.3 Å². The molecule has 7 nitrogen and oxygen atoms in total. The zero-order chi connectivity index (χ0) is 25.0. The van der Waals surface area contributed by atoms with E-state index in [9.17, 15) is 13.2 Å². The van der Waals surface area contributed by atoms with Crippen LogP contribution in [0.15, 0.2) is 93.3 Å². The van der Waals surface area contributed by atoms with Crippen LogP contribution < -0.4 is 10.1 Å². The molecule has 178 valence electrons. The number of benzene rings is 3. The number of furan rings is 1. The van der Waals surface area contributed by atoms with Crippen LogP contribution in [0, 0.1) is 0 Å². The lowest BCUT2D eigenvalue weighted by molar-refractivity contribution is 0.0955. The summed E-state index contributed by atoms with van der Waals surface area (Å²) in [6.45, 7) is 0. The Bertz CT molecular complexity index is 1530. The van der Waals surface area contributed by atoms with Crippen molar-refractivity contribution in [1.82, 2.24) is 5.43 Å². The molecule has 11 heteroatoms. The quantitative estimate of drug-likeness (QED) is 0.204. The number of carbonyl (C=O) groups is 1. The van der Waals surface area contributed by atoms with Gasteiger partial charge in [0, 0.05) is 16.1 Å². The summed E-state index contributed by atoms with van der Waals surface area (Å²) in [4.78, 5) is 12.4. The van der Waals surface area contributed by atoms with Gasteiger partial charge in [-0.15, -0.1) is 0 Å². The maximum absolute atomic E-state index is 12.7. The number of nitrogens with zero attached hydrogens (tertiary/aromatic N) is 1. The van der Waals surface area contributed by atoms with E-state index in [2.05, 4.69) is 15.2 Å². The van der Waals surface area contributed by atoms with Crippen molar-refractivity contribution in [2.75, 3.05) is 4.72 Å². The summed E-state index contributed by atoms with van der Waals surface area (Å²) >= 11 is 17.9. The molecule has 1 amide bonds. The fourth-order valence-corrected chi connectivity index (χ4v) is 4.60. The second-order valence-corrected chi connectivity index (χ2v) is 10.1. The van der Waals surface area contributed by atoms with Crippen LogP contribution in [0.5, 0.6) is 0 Å². The predicted octanol–water partition coefficient (Wildman–Crippen LogP) is 6.47. The lowest BCUT2D eigenvalue weighted by Crippen LogP contribution is -2.19. The van der Waals surface area contributed by atoms with Gasteiger partial charge in [0.25, 0.3) is 15.9 Å². The van der Waals surface area contributed by atoms with Gasteiger partial charge >= 0.3 is 0 Å². The fraction of sp³-hybridized carbons (Fsp3) is 0. The lowest BCUT2D eigenvalue weighted by Gasteiger charge is -2.09. The molecule has 3 aromatic carbocycles. The van der Waals surface area contributed by atoms with E-state index < -0.39 is 15.9 Å². The van der Waals surface area contributed by atoms with Crippen LogP contribution in [-0.4, -0.2) is 20.5 Å². The Morgan fingerprint density at radius 2 is 1.69 bits per heavy atom. The third-order valence-electron chi connectivity index (χ3n) is 4.67. The van der Waals surface area contributed by atoms with Gasteiger partial charge in [-0.05, 0) is 66.7 Å². The molecule has 1 aromatic heterocycles. The van der Waals surface area contributed by atoms with Crippen molar-refractivity contribution in [3.05, 3.63) is 105 Å². The summed E-state index contributed by atoms with van der Waals surface area (Å²) in [5.74, 6) is 0.326. The van der Waals surface area contributed by atoms with Crippen molar-refractivity contribution >= 4 is 62.6 Å². The smallest absolute Gasteiger partial charge is 0.271 e. The third-order valence-corrected chi connectivity index (χ3v) is 7.03. The summed E-state index contributed by atoms with van der Waals surface area (Å²) in [6, 6.07) is 20.3. The second-order valence-electron chi connectivity index (χ2n) is 7.17. The summed E-state index contributed by atoms with van der Waals surface area (Å²) in [5.41, 5.74) is 3.48. The van der Waals surface area contributed by atoms with Gasteiger partial charge in [-0.3, -0.25) is 9.52 Å². The number of sulfonamides is 1. The Hall–Kier alpha value is -3.30. The number of amides is 1. The van der Waals surface area contributed by atoms with E-state index >= 15 is 0 Å². The molecule has 0 atom stereocenters. The Kier molecular flexibility index (Phi) is 7.47. The molecule has 0 radical (unpaired) electrons.